The van der Waals surface area contributed by atoms with Crippen LogP contribution in [0.1, 0.15) is 23.7 Å². The molecule has 0 radical (unpaired) electrons. The number of anilines is 3. The van der Waals surface area contributed by atoms with Gasteiger partial charge in [-0.1, -0.05) is 13.0 Å². The molecule has 2 aromatic heterocycles. The van der Waals surface area contributed by atoms with Crippen LogP contribution < -0.4 is 22.1 Å². The molecular weight excluding hydrogens is 346 g/mol. The van der Waals surface area contributed by atoms with Gasteiger partial charge in [-0.3, -0.25) is 4.79 Å². The van der Waals surface area contributed by atoms with Crippen molar-refractivity contribution in [2.45, 2.75) is 19.4 Å². The van der Waals surface area contributed by atoms with E-state index in [9.17, 15) is 4.79 Å². The molecule has 0 bridgehead atoms. The second kappa shape index (κ2) is 8.23. The van der Waals surface area contributed by atoms with Crippen LogP contribution in [-0.2, 0) is 0 Å². The van der Waals surface area contributed by atoms with Crippen molar-refractivity contribution in [3.8, 4) is 5.69 Å². The molecule has 140 valence electrons. The summed E-state index contributed by atoms with van der Waals surface area (Å²) in [5.74, 6) is 0.0335. The Morgan fingerprint density at radius 1 is 1.30 bits per heavy atom. The van der Waals surface area contributed by atoms with Crippen molar-refractivity contribution in [3.05, 3.63) is 48.4 Å². The van der Waals surface area contributed by atoms with Gasteiger partial charge in [-0.2, -0.15) is 20.0 Å². The standard InChI is InChI=1S/C17H21N9O/c1-2-11(18)9-20-17-21-10-14(15(19)27)16(25-17)24-12-4-3-5-13(8-12)26-22-6-7-23-26/h3-8,10-11H,2,9,18H2,1H3,(H2,19,27)(H2,20,21,24,25)/t11-/m0/s1. The lowest BCUT2D eigenvalue weighted by Crippen LogP contribution is -2.28. The van der Waals surface area contributed by atoms with Crippen molar-refractivity contribution < 1.29 is 4.79 Å². The zero-order chi connectivity index (χ0) is 19.2. The topological polar surface area (TPSA) is 150 Å². The number of aromatic nitrogens is 5. The molecule has 0 aliphatic carbocycles. The Balaban J connectivity index is 1.86. The first kappa shape index (κ1) is 18.3. The second-order valence-corrected chi connectivity index (χ2v) is 5.86. The van der Waals surface area contributed by atoms with E-state index in [1.54, 1.807) is 12.4 Å². The number of carbonyl (C=O) groups excluding carboxylic acids is 1. The molecule has 27 heavy (non-hydrogen) atoms. The summed E-state index contributed by atoms with van der Waals surface area (Å²) < 4.78 is 0. The van der Waals surface area contributed by atoms with Crippen LogP contribution in [0, 0.1) is 0 Å². The van der Waals surface area contributed by atoms with Gasteiger partial charge in [0.1, 0.15) is 11.4 Å². The number of nitrogens with two attached hydrogens (primary N) is 2. The second-order valence-electron chi connectivity index (χ2n) is 5.86. The Kier molecular flexibility index (Phi) is 5.57. The molecular formula is C17H21N9O. The fourth-order valence-corrected chi connectivity index (χ4v) is 2.30. The van der Waals surface area contributed by atoms with Gasteiger partial charge in [0.15, 0.2) is 0 Å². The van der Waals surface area contributed by atoms with Crippen molar-refractivity contribution in [3.63, 3.8) is 0 Å². The van der Waals surface area contributed by atoms with E-state index in [1.807, 2.05) is 31.2 Å². The van der Waals surface area contributed by atoms with Crippen LogP contribution in [0.15, 0.2) is 42.9 Å². The van der Waals surface area contributed by atoms with Gasteiger partial charge in [-0.25, -0.2) is 4.98 Å². The third kappa shape index (κ3) is 4.55. The van der Waals surface area contributed by atoms with E-state index in [4.69, 9.17) is 11.5 Å². The van der Waals surface area contributed by atoms with E-state index in [1.165, 1.54) is 11.0 Å². The maximum absolute atomic E-state index is 11.7. The zero-order valence-electron chi connectivity index (χ0n) is 14.8. The van der Waals surface area contributed by atoms with Crippen molar-refractivity contribution in [2.24, 2.45) is 11.5 Å². The molecule has 0 aliphatic heterocycles. The summed E-state index contributed by atoms with van der Waals surface area (Å²) in [5.41, 5.74) is 13.0. The van der Waals surface area contributed by atoms with Gasteiger partial charge >= 0.3 is 0 Å². The minimum atomic E-state index is -0.626. The van der Waals surface area contributed by atoms with Crippen LogP contribution in [0.4, 0.5) is 17.5 Å². The van der Waals surface area contributed by atoms with Gasteiger partial charge in [-0.05, 0) is 24.6 Å². The number of primary amides is 1. The number of hydrogen-bond donors (Lipinski definition) is 4. The summed E-state index contributed by atoms with van der Waals surface area (Å²) in [5, 5.41) is 14.4. The molecule has 0 aliphatic rings. The average Bonchev–Trinajstić information content (AvgIpc) is 3.21. The highest BCUT2D eigenvalue weighted by atomic mass is 16.1. The van der Waals surface area contributed by atoms with Crippen molar-refractivity contribution in [1.82, 2.24) is 25.0 Å². The molecule has 10 heteroatoms. The summed E-state index contributed by atoms with van der Waals surface area (Å²) in [6, 6.07) is 7.34. The van der Waals surface area contributed by atoms with Gasteiger partial charge in [0, 0.05) is 24.5 Å². The highest BCUT2D eigenvalue weighted by molar-refractivity contribution is 5.98. The van der Waals surface area contributed by atoms with E-state index in [0.717, 1.165) is 12.1 Å². The normalized spacial score (nSPS) is 11.8. The van der Waals surface area contributed by atoms with Crippen molar-refractivity contribution in [1.29, 1.82) is 0 Å². The summed E-state index contributed by atoms with van der Waals surface area (Å²) >= 11 is 0. The monoisotopic (exact) mass is 367 g/mol. The van der Waals surface area contributed by atoms with Crippen LogP contribution in [0.3, 0.4) is 0 Å². The van der Waals surface area contributed by atoms with Gasteiger partial charge in [-0.15, -0.1) is 0 Å². The third-order valence-electron chi connectivity index (χ3n) is 3.86. The first-order valence-corrected chi connectivity index (χ1v) is 8.47. The number of rotatable bonds is 8. The Bertz CT molecular complexity index is 911. The summed E-state index contributed by atoms with van der Waals surface area (Å²) in [4.78, 5) is 21.7. The largest absolute Gasteiger partial charge is 0.365 e. The molecule has 6 N–H and O–H groups in total. The number of nitrogens with one attached hydrogen (secondary N) is 2. The lowest BCUT2D eigenvalue weighted by Gasteiger charge is -2.13. The highest BCUT2D eigenvalue weighted by Crippen LogP contribution is 2.21. The van der Waals surface area contributed by atoms with E-state index < -0.39 is 5.91 Å². The quantitative estimate of drug-likeness (QED) is 0.461. The Morgan fingerprint density at radius 3 is 2.78 bits per heavy atom. The molecule has 0 saturated carbocycles. The number of nitrogens with zero attached hydrogens (tertiary/aromatic N) is 5. The van der Waals surface area contributed by atoms with Gasteiger partial charge < -0.3 is 22.1 Å². The highest BCUT2D eigenvalue weighted by Gasteiger charge is 2.13. The van der Waals surface area contributed by atoms with E-state index in [0.29, 0.717) is 24.0 Å². The number of amides is 1. The molecule has 0 unspecified atom stereocenters. The fourth-order valence-electron chi connectivity index (χ4n) is 2.30. The zero-order valence-corrected chi connectivity index (χ0v) is 14.8. The molecule has 3 rings (SSSR count). The molecule has 1 aromatic carbocycles. The van der Waals surface area contributed by atoms with E-state index in [2.05, 4.69) is 30.8 Å². The average molecular weight is 367 g/mol. The molecule has 0 fully saturated rings. The molecule has 1 amide bonds. The lowest BCUT2D eigenvalue weighted by molar-refractivity contribution is 0.100. The van der Waals surface area contributed by atoms with Gasteiger partial charge in [0.25, 0.3) is 5.91 Å². The first-order chi connectivity index (χ1) is 13.1. The molecule has 1 atom stereocenters. The van der Waals surface area contributed by atoms with Gasteiger partial charge in [0.2, 0.25) is 5.95 Å². The minimum absolute atomic E-state index is 0.0147. The summed E-state index contributed by atoms with van der Waals surface area (Å²) in [6.07, 6.45) is 5.39. The van der Waals surface area contributed by atoms with Crippen LogP contribution in [0.25, 0.3) is 5.69 Å². The predicted octanol–water partition coefficient (Wildman–Crippen LogP) is 1.05. The third-order valence-corrected chi connectivity index (χ3v) is 3.86. The molecule has 10 nitrogen and oxygen atoms in total. The van der Waals surface area contributed by atoms with E-state index in [-0.39, 0.29) is 11.6 Å². The van der Waals surface area contributed by atoms with Crippen LogP contribution in [0.5, 0.6) is 0 Å². The Hall–Kier alpha value is -3.53. The number of hydrogen-bond acceptors (Lipinski definition) is 8. The summed E-state index contributed by atoms with van der Waals surface area (Å²) in [6.45, 7) is 2.52. The fraction of sp³-hybridized carbons (Fsp3) is 0.235. The van der Waals surface area contributed by atoms with Crippen molar-refractivity contribution in [2.75, 3.05) is 17.2 Å². The maximum atomic E-state index is 11.7. The van der Waals surface area contributed by atoms with Gasteiger partial charge in [0.05, 0.1) is 18.1 Å². The molecule has 0 saturated heterocycles. The molecule has 2 heterocycles. The minimum Gasteiger partial charge on any atom is -0.365 e. The van der Waals surface area contributed by atoms with E-state index >= 15 is 0 Å². The molecule has 3 aromatic rings. The lowest BCUT2D eigenvalue weighted by atomic mass is 10.2. The maximum Gasteiger partial charge on any atom is 0.254 e. The van der Waals surface area contributed by atoms with Crippen LogP contribution in [0.2, 0.25) is 0 Å². The summed E-state index contributed by atoms with van der Waals surface area (Å²) in [7, 11) is 0. The SMILES string of the molecule is CC[C@H](N)CNc1ncc(C(N)=O)c(Nc2cccc(-n3nccn3)c2)n1. The van der Waals surface area contributed by atoms with Crippen LogP contribution >= 0.6 is 0 Å². The van der Waals surface area contributed by atoms with Crippen LogP contribution in [-0.4, -0.2) is 43.5 Å². The Labute approximate surface area is 156 Å². The van der Waals surface area contributed by atoms with Crippen molar-refractivity contribution >= 4 is 23.4 Å². The number of benzene rings is 1. The Morgan fingerprint density at radius 2 is 2.07 bits per heavy atom. The predicted molar refractivity (Wildman–Crippen MR) is 102 cm³/mol. The smallest absolute Gasteiger partial charge is 0.254 e. The first-order valence-electron chi connectivity index (χ1n) is 8.47. The molecule has 0 spiro atoms. The number of carbonyl (C=O) groups is 1.